The van der Waals surface area contributed by atoms with Crippen molar-refractivity contribution in [2.24, 2.45) is 5.41 Å². The number of anilines is 3. The smallest absolute Gasteiger partial charge is 0.383 e. The minimum absolute atomic E-state index is 0.0247. The third-order valence-electron chi connectivity index (χ3n) is 7.01. The first-order valence-electron chi connectivity index (χ1n) is 12.3. The van der Waals surface area contributed by atoms with Crippen LogP contribution in [-0.2, 0) is 16.1 Å². The average Bonchev–Trinajstić information content (AvgIpc) is 3.59. The van der Waals surface area contributed by atoms with Gasteiger partial charge < -0.3 is 25.6 Å². The molecule has 1 aliphatic carbocycles. The fraction of sp³-hybridized carbons (Fsp3) is 0.440. The van der Waals surface area contributed by atoms with Crippen LogP contribution in [0.1, 0.15) is 31.2 Å². The van der Waals surface area contributed by atoms with E-state index < -0.39 is 22.4 Å². The van der Waals surface area contributed by atoms with Crippen LogP contribution >= 0.6 is 35.4 Å². The van der Waals surface area contributed by atoms with Gasteiger partial charge in [0.1, 0.15) is 11.1 Å². The topological polar surface area (TPSA) is 109 Å². The van der Waals surface area contributed by atoms with Gasteiger partial charge in [0, 0.05) is 26.3 Å². The molecule has 0 bridgehead atoms. The predicted octanol–water partition coefficient (Wildman–Crippen LogP) is 6.28. The van der Waals surface area contributed by atoms with Crippen LogP contribution in [0.3, 0.4) is 0 Å². The molecule has 2 aliphatic rings. The van der Waals surface area contributed by atoms with Gasteiger partial charge in [-0.2, -0.15) is 13.2 Å². The van der Waals surface area contributed by atoms with E-state index in [0.717, 1.165) is 12.8 Å². The number of hydrogen-bond donors (Lipinski definition) is 3. The van der Waals surface area contributed by atoms with Crippen LogP contribution in [0.5, 0.6) is 0 Å². The predicted molar refractivity (Wildman–Crippen MR) is 151 cm³/mol. The van der Waals surface area contributed by atoms with E-state index in [1.807, 2.05) is 4.90 Å². The lowest BCUT2D eigenvalue weighted by molar-refractivity contribution is -0.383. The summed E-state index contributed by atoms with van der Waals surface area (Å²) >= 11 is 18.1. The van der Waals surface area contributed by atoms with Gasteiger partial charge in [-0.05, 0) is 61.7 Å². The SMILES string of the molecule is COCC1CCCN1c1cc(NC(=S)Nc2cc(CNC(=O)C3(C(F)(F)F)CC3)ccc2Cl)c([N+](=O)[O-])cc1Cl. The van der Waals surface area contributed by atoms with Crippen molar-refractivity contribution in [1.29, 1.82) is 0 Å². The van der Waals surface area contributed by atoms with Gasteiger partial charge in [0.15, 0.2) is 5.11 Å². The number of nitrogens with one attached hydrogen (secondary N) is 3. The Morgan fingerprint density at radius 2 is 1.90 bits per heavy atom. The number of nitro groups is 1. The van der Waals surface area contributed by atoms with Crippen molar-refractivity contribution in [3.05, 3.63) is 56.1 Å². The quantitative estimate of drug-likeness (QED) is 0.171. The highest BCUT2D eigenvalue weighted by atomic mass is 35.5. The highest BCUT2D eigenvalue weighted by Gasteiger charge is 2.68. The van der Waals surface area contributed by atoms with Crippen molar-refractivity contribution in [1.82, 2.24) is 5.32 Å². The summed E-state index contributed by atoms with van der Waals surface area (Å²) in [6, 6.07) is 7.45. The normalized spacial score (nSPS) is 17.9. The number of thiocarbonyl (C=S) groups is 1. The molecule has 4 rings (SSSR count). The minimum Gasteiger partial charge on any atom is -0.383 e. The molecule has 0 aromatic heterocycles. The van der Waals surface area contributed by atoms with Crippen LogP contribution in [0, 0.1) is 15.5 Å². The molecular weight excluding hydrogens is 594 g/mol. The Kier molecular flexibility index (Phi) is 8.98. The van der Waals surface area contributed by atoms with Gasteiger partial charge in [-0.25, -0.2) is 0 Å². The zero-order valence-electron chi connectivity index (χ0n) is 21.2. The number of carbonyl (C=O) groups is 1. The van der Waals surface area contributed by atoms with E-state index in [2.05, 4.69) is 16.0 Å². The first-order chi connectivity index (χ1) is 18.9. The first-order valence-corrected chi connectivity index (χ1v) is 13.5. The Hall–Kier alpha value is -2.87. The fourth-order valence-electron chi connectivity index (χ4n) is 4.71. The van der Waals surface area contributed by atoms with Gasteiger partial charge in [0.25, 0.3) is 5.69 Å². The summed E-state index contributed by atoms with van der Waals surface area (Å²) in [6.07, 6.45) is -3.28. The van der Waals surface area contributed by atoms with E-state index in [0.29, 0.717) is 30.1 Å². The van der Waals surface area contributed by atoms with Crippen molar-refractivity contribution in [3.8, 4) is 0 Å². The molecule has 1 atom stereocenters. The lowest BCUT2D eigenvalue weighted by Crippen LogP contribution is -2.40. The van der Waals surface area contributed by atoms with Gasteiger partial charge in [-0.15, -0.1) is 0 Å². The zero-order valence-corrected chi connectivity index (χ0v) is 23.6. The third kappa shape index (κ3) is 6.37. The first kappa shape index (κ1) is 30.1. The van der Waals surface area contributed by atoms with Crippen molar-refractivity contribution >= 4 is 69.2 Å². The number of nitro benzene ring substituents is 1. The Labute approximate surface area is 243 Å². The molecule has 2 aromatic carbocycles. The maximum Gasteiger partial charge on any atom is 0.403 e. The molecular formula is C25H26Cl2F3N5O4S. The molecule has 1 saturated carbocycles. The number of hydrogen-bond acceptors (Lipinski definition) is 6. The lowest BCUT2D eigenvalue weighted by atomic mass is 10.1. The number of carbonyl (C=O) groups excluding carboxylic acids is 1. The second-order valence-electron chi connectivity index (χ2n) is 9.68. The molecule has 15 heteroatoms. The summed E-state index contributed by atoms with van der Waals surface area (Å²) < 4.78 is 44.9. The van der Waals surface area contributed by atoms with Crippen LogP contribution < -0.4 is 20.9 Å². The fourth-order valence-corrected chi connectivity index (χ4v) is 5.36. The molecule has 1 amide bonds. The van der Waals surface area contributed by atoms with Crippen LogP contribution in [0.15, 0.2) is 30.3 Å². The number of rotatable bonds is 9. The van der Waals surface area contributed by atoms with Gasteiger partial charge in [-0.1, -0.05) is 29.3 Å². The molecule has 1 saturated heterocycles. The zero-order chi connectivity index (χ0) is 29.2. The number of alkyl halides is 3. The monoisotopic (exact) mass is 619 g/mol. The van der Waals surface area contributed by atoms with Gasteiger partial charge in [0.05, 0.1) is 39.0 Å². The number of benzene rings is 2. The molecule has 216 valence electrons. The number of ether oxygens (including phenoxy) is 1. The summed E-state index contributed by atoms with van der Waals surface area (Å²) in [4.78, 5) is 25.4. The summed E-state index contributed by atoms with van der Waals surface area (Å²) in [7, 11) is 1.60. The summed E-state index contributed by atoms with van der Waals surface area (Å²) in [5, 5.41) is 20.2. The summed E-state index contributed by atoms with van der Waals surface area (Å²) in [5.74, 6) is -1.07. The van der Waals surface area contributed by atoms with E-state index in [1.165, 1.54) is 18.2 Å². The Balaban J connectivity index is 1.48. The molecule has 3 N–H and O–H groups in total. The molecule has 0 radical (unpaired) electrons. The summed E-state index contributed by atoms with van der Waals surface area (Å²) in [6.45, 7) is 1.02. The number of amides is 1. The second-order valence-corrected chi connectivity index (χ2v) is 10.9. The molecule has 1 unspecified atom stereocenters. The standard InChI is InChI=1S/C25H26Cl2F3N5O4S/c1-39-13-15-3-2-8-34(15)20-11-19(21(35(37)38)10-17(20)27)33-23(40)32-18-9-14(4-5-16(18)26)12-31-22(36)24(6-7-24)25(28,29)30/h4-5,9-11,15H,2-3,6-8,12-13H2,1H3,(H,31,36)(H2,32,33,40). The molecule has 0 spiro atoms. The second kappa shape index (κ2) is 11.9. The molecule has 2 aromatic rings. The summed E-state index contributed by atoms with van der Waals surface area (Å²) in [5.41, 5.74) is -1.15. The van der Waals surface area contributed by atoms with Gasteiger partial charge in [0.2, 0.25) is 5.91 Å². The molecule has 1 heterocycles. The number of methoxy groups -OCH3 is 1. The van der Waals surface area contributed by atoms with Gasteiger partial charge in [-0.3, -0.25) is 14.9 Å². The van der Waals surface area contributed by atoms with E-state index in [1.54, 1.807) is 19.2 Å². The van der Waals surface area contributed by atoms with E-state index in [9.17, 15) is 28.1 Å². The molecule has 2 fully saturated rings. The number of nitrogens with zero attached hydrogens (tertiary/aromatic N) is 2. The lowest BCUT2D eigenvalue weighted by Gasteiger charge is -2.27. The van der Waals surface area contributed by atoms with Crippen LogP contribution in [0.25, 0.3) is 0 Å². The Morgan fingerprint density at radius 1 is 1.20 bits per heavy atom. The molecule has 9 nitrogen and oxygen atoms in total. The van der Waals surface area contributed by atoms with E-state index in [-0.39, 0.29) is 52.0 Å². The Morgan fingerprint density at radius 3 is 2.52 bits per heavy atom. The molecule has 40 heavy (non-hydrogen) atoms. The van der Waals surface area contributed by atoms with Crippen molar-refractivity contribution in [2.75, 3.05) is 35.8 Å². The van der Waals surface area contributed by atoms with Crippen LogP contribution in [-0.4, -0.2) is 48.4 Å². The highest BCUT2D eigenvalue weighted by molar-refractivity contribution is 7.80. The van der Waals surface area contributed by atoms with E-state index >= 15 is 0 Å². The maximum atomic E-state index is 13.2. The number of halogens is 5. The van der Waals surface area contributed by atoms with Crippen molar-refractivity contribution in [2.45, 2.75) is 44.4 Å². The van der Waals surface area contributed by atoms with Crippen molar-refractivity contribution in [3.63, 3.8) is 0 Å². The van der Waals surface area contributed by atoms with Crippen LogP contribution in [0.4, 0.5) is 35.9 Å². The average molecular weight is 620 g/mol. The highest BCUT2D eigenvalue weighted by Crippen LogP contribution is 2.57. The Bertz CT molecular complexity index is 1330. The van der Waals surface area contributed by atoms with Crippen LogP contribution in [0.2, 0.25) is 10.0 Å². The van der Waals surface area contributed by atoms with Crippen molar-refractivity contribution < 1.29 is 27.6 Å². The minimum atomic E-state index is -4.61. The van der Waals surface area contributed by atoms with E-state index in [4.69, 9.17) is 40.2 Å². The maximum absolute atomic E-state index is 13.2. The largest absolute Gasteiger partial charge is 0.403 e. The molecule has 1 aliphatic heterocycles. The van der Waals surface area contributed by atoms with Gasteiger partial charge >= 0.3 is 6.18 Å². The third-order valence-corrected chi connectivity index (χ3v) is 7.85.